The van der Waals surface area contributed by atoms with Crippen LogP contribution in [0.2, 0.25) is 0 Å². The van der Waals surface area contributed by atoms with Gasteiger partial charge >= 0.3 is 0 Å². The van der Waals surface area contributed by atoms with Crippen molar-refractivity contribution >= 4 is 22.6 Å². The number of halogens is 1. The Morgan fingerprint density at radius 3 is 2.00 bits per heavy atom. The summed E-state index contributed by atoms with van der Waals surface area (Å²) in [6.45, 7) is 4.63. The zero-order valence-electron chi connectivity index (χ0n) is 9.13. The molecule has 4 heteroatoms. The average molecular weight is 301 g/mol. The van der Waals surface area contributed by atoms with Crippen molar-refractivity contribution < 1.29 is 9.47 Å². The van der Waals surface area contributed by atoms with E-state index in [4.69, 9.17) is 9.47 Å². The summed E-state index contributed by atoms with van der Waals surface area (Å²) >= 11 is 2.30. The summed E-state index contributed by atoms with van der Waals surface area (Å²) < 4.78 is 11.8. The fourth-order valence-electron chi connectivity index (χ4n) is 0.839. The van der Waals surface area contributed by atoms with Crippen molar-refractivity contribution in [3.63, 3.8) is 0 Å². The third-order valence-electron chi connectivity index (χ3n) is 1.24. The molecule has 0 saturated carbocycles. The van der Waals surface area contributed by atoms with Gasteiger partial charge in [0.2, 0.25) is 0 Å². The van der Waals surface area contributed by atoms with Crippen molar-refractivity contribution in [2.75, 3.05) is 32.2 Å². The quantitative estimate of drug-likeness (QED) is 0.544. The Morgan fingerprint density at radius 1 is 1.38 bits per heavy atom. The molecule has 0 N–H and O–H groups in total. The van der Waals surface area contributed by atoms with Gasteiger partial charge in [0.1, 0.15) is 0 Å². The molecule has 1 aliphatic rings. The van der Waals surface area contributed by atoms with Crippen molar-refractivity contribution in [1.82, 2.24) is 4.90 Å². The van der Waals surface area contributed by atoms with Crippen molar-refractivity contribution in [3.8, 4) is 0 Å². The minimum atomic E-state index is -0.337. The molecule has 0 spiro atoms. The molecule has 0 aromatic heterocycles. The molecule has 0 aliphatic carbocycles. The fourth-order valence-corrected chi connectivity index (χ4v) is 1.27. The number of rotatable bonds is 1. The van der Waals surface area contributed by atoms with E-state index in [0.717, 1.165) is 11.0 Å². The van der Waals surface area contributed by atoms with E-state index in [1.165, 1.54) is 0 Å². The van der Waals surface area contributed by atoms with Crippen LogP contribution in [-0.2, 0) is 9.47 Å². The van der Waals surface area contributed by atoms with Crippen LogP contribution in [0.15, 0.2) is 0 Å². The maximum absolute atomic E-state index is 5.47. The van der Waals surface area contributed by atoms with Crippen molar-refractivity contribution in [3.05, 3.63) is 0 Å². The molecule has 1 atom stereocenters. The molecule has 1 aliphatic heterocycles. The van der Waals surface area contributed by atoms with Crippen LogP contribution >= 0.6 is 22.6 Å². The minimum absolute atomic E-state index is 0.306. The molecule has 80 valence electrons. The van der Waals surface area contributed by atoms with E-state index in [2.05, 4.69) is 22.6 Å². The molecule has 1 saturated heterocycles. The maximum Gasteiger partial charge on any atom is 0.163 e. The minimum Gasteiger partial charge on any atom is -0.348 e. The van der Waals surface area contributed by atoms with E-state index in [-0.39, 0.29) is 5.79 Å². The molecule has 0 radical (unpaired) electrons. The Bertz CT molecular complexity index is 137. The largest absolute Gasteiger partial charge is 0.348 e. The normalized spacial score (nSPS) is 25.6. The second-order valence-corrected chi connectivity index (χ2v) is 4.83. The maximum atomic E-state index is 5.47. The molecule has 0 amide bonds. The van der Waals surface area contributed by atoms with Crippen molar-refractivity contribution in [2.45, 2.75) is 25.7 Å². The summed E-state index contributed by atoms with van der Waals surface area (Å²) in [4.78, 5) is 2.00. The van der Waals surface area contributed by atoms with Gasteiger partial charge in [-0.05, 0) is 35.0 Å². The van der Waals surface area contributed by atoms with Gasteiger partial charge in [-0.3, -0.25) is 0 Å². The molecule has 0 aromatic carbocycles. The molecule has 1 rings (SSSR count). The molecule has 0 bridgehead atoms. The average Bonchev–Trinajstić information content (AvgIpc) is 2.28. The van der Waals surface area contributed by atoms with Gasteiger partial charge in [0, 0.05) is 4.43 Å². The molecule has 13 heavy (non-hydrogen) atoms. The van der Waals surface area contributed by atoms with Crippen LogP contribution in [0.1, 0.15) is 13.8 Å². The first-order chi connectivity index (χ1) is 5.87. The topological polar surface area (TPSA) is 21.7 Å². The summed E-state index contributed by atoms with van der Waals surface area (Å²) in [5, 5.41) is 0. The van der Waals surface area contributed by atoms with Gasteiger partial charge in [-0.25, -0.2) is 0 Å². The Morgan fingerprint density at radius 2 is 1.85 bits per heavy atom. The molecule has 3 nitrogen and oxygen atoms in total. The molecule has 1 fully saturated rings. The Labute approximate surface area is 94.9 Å². The number of alkyl halides is 1. The van der Waals surface area contributed by atoms with Crippen LogP contribution in [0.25, 0.3) is 0 Å². The third kappa shape index (κ3) is 7.66. The highest BCUT2D eigenvalue weighted by molar-refractivity contribution is 14.1. The predicted molar refractivity (Wildman–Crippen MR) is 63.4 cm³/mol. The molecular formula is C9H20INO2. The van der Waals surface area contributed by atoms with E-state index in [9.17, 15) is 0 Å². The highest BCUT2D eigenvalue weighted by Gasteiger charge is 2.31. The van der Waals surface area contributed by atoms with Crippen molar-refractivity contribution in [2.24, 2.45) is 0 Å². The van der Waals surface area contributed by atoms with Gasteiger partial charge in [-0.1, -0.05) is 22.6 Å². The number of ether oxygens (including phenoxy) is 2. The van der Waals surface area contributed by atoms with Crippen molar-refractivity contribution in [1.29, 1.82) is 0 Å². The van der Waals surface area contributed by atoms with Crippen LogP contribution in [0, 0.1) is 0 Å². The number of hydrogen-bond acceptors (Lipinski definition) is 3. The molecule has 0 aromatic rings. The zero-order valence-corrected chi connectivity index (χ0v) is 11.3. The monoisotopic (exact) mass is 301 g/mol. The molecular weight excluding hydrogens is 281 g/mol. The molecule has 1 heterocycles. The van der Waals surface area contributed by atoms with Gasteiger partial charge in [0.05, 0.1) is 12.7 Å². The van der Waals surface area contributed by atoms with Crippen LogP contribution in [-0.4, -0.2) is 49.0 Å². The van der Waals surface area contributed by atoms with E-state index in [1.807, 2.05) is 39.9 Å². The Balaban J connectivity index is 0.000000310. The standard InChI is InChI=1S/C6H11IO2.C3H9N/c1-6(2)8-4-5(3-7)9-6;1-4(2)3/h5H,3-4H2,1-2H3;1-3H3. The lowest BCUT2D eigenvalue weighted by molar-refractivity contribution is -0.135. The number of nitrogens with zero attached hydrogens (tertiary/aromatic N) is 1. The van der Waals surface area contributed by atoms with Crippen LogP contribution in [0.4, 0.5) is 0 Å². The Hall–Kier alpha value is 0.610. The van der Waals surface area contributed by atoms with Crippen LogP contribution in [0.5, 0.6) is 0 Å². The molecule has 1 unspecified atom stereocenters. The van der Waals surface area contributed by atoms with Gasteiger partial charge in [0.25, 0.3) is 0 Å². The first-order valence-corrected chi connectivity index (χ1v) is 5.88. The lowest BCUT2D eigenvalue weighted by Crippen LogP contribution is -2.21. The summed E-state index contributed by atoms with van der Waals surface area (Å²) in [5.74, 6) is -0.337. The second kappa shape index (κ2) is 6.16. The van der Waals surface area contributed by atoms with Crippen LogP contribution in [0.3, 0.4) is 0 Å². The summed E-state index contributed by atoms with van der Waals surface area (Å²) in [6, 6.07) is 0. The third-order valence-corrected chi connectivity index (χ3v) is 2.22. The fraction of sp³-hybridized carbons (Fsp3) is 1.00. The van der Waals surface area contributed by atoms with Gasteiger partial charge in [-0.15, -0.1) is 0 Å². The summed E-state index contributed by atoms with van der Waals surface area (Å²) in [7, 11) is 6.00. The van der Waals surface area contributed by atoms with Crippen LogP contribution < -0.4 is 0 Å². The lowest BCUT2D eigenvalue weighted by atomic mass is 10.4. The first kappa shape index (κ1) is 13.6. The highest BCUT2D eigenvalue weighted by atomic mass is 127. The summed E-state index contributed by atoms with van der Waals surface area (Å²) in [6.07, 6.45) is 0.306. The smallest absolute Gasteiger partial charge is 0.163 e. The summed E-state index contributed by atoms with van der Waals surface area (Å²) in [5.41, 5.74) is 0. The Kier molecular flexibility index (Phi) is 6.45. The zero-order chi connectivity index (χ0) is 10.5. The van der Waals surface area contributed by atoms with Gasteiger partial charge in [-0.2, -0.15) is 0 Å². The first-order valence-electron chi connectivity index (χ1n) is 4.36. The van der Waals surface area contributed by atoms with E-state index >= 15 is 0 Å². The van der Waals surface area contributed by atoms with Gasteiger partial charge < -0.3 is 14.4 Å². The van der Waals surface area contributed by atoms with E-state index in [0.29, 0.717) is 6.10 Å². The predicted octanol–water partition coefficient (Wildman–Crippen LogP) is 1.75. The van der Waals surface area contributed by atoms with E-state index in [1.54, 1.807) is 0 Å². The number of hydrogen-bond donors (Lipinski definition) is 0. The van der Waals surface area contributed by atoms with Gasteiger partial charge in [0.15, 0.2) is 5.79 Å². The lowest BCUT2D eigenvalue weighted by Gasteiger charge is -2.15. The second-order valence-electron chi connectivity index (χ2n) is 3.95. The SMILES string of the molecule is CC1(C)OCC(CI)O1.CN(C)C. The highest BCUT2D eigenvalue weighted by Crippen LogP contribution is 2.22. The van der Waals surface area contributed by atoms with E-state index < -0.39 is 0 Å².